The first kappa shape index (κ1) is 13.4. The smallest absolute Gasteiger partial charge is 0.174 e. The van der Waals surface area contributed by atoms with Crippen LogP contribution in [0.25, 0.3) is 11.3 Å². The first-order valence-corrected chi connectivity index (χ1v) is 6.03. The molecule has 2 rings (SSSR count). The van der Waals surface area contributed by atoms with Crippen molar-refractivity contribution in [2.75, 3.05) is 20.0 Å². The van der Waals surface area contributed by atoms with Crippen LogP contribution in [-0.2, 0) is 0 Å². The summed E-state index contributed by atoms with van der Waals surface area (Å²) in [6.45, 7) is 0. The Labute approximate surface area is 117 Å². The van der Waals surface area contributed by atoms with Gasteiger partial charge in [0.05, 0.1) is 25.3 Å². The van der Waals surface area contributed by atoms with E-state index in [1.807, 2.05) is 0 Å². The van der Waals surface area contributed by atoms with Crippen molar-refractivity contribution in [1.82, 2.24) is 5.16 Å². The lowest BCUT2D eigenvalue weighted by Gasteiger charge is -2.14. The van der Waals surface area contributed by atoms with E-state index >= 15 is 0 Å². The Morgan fingerprint density at radius 1 is 1.32 bits per heavy atom. The minimum absolute atomic E-state index is 0.252. The Morgan fingerprint density at radius 3 is 2.47 bits per heavy atom. The third kappa shape index (κ3) is 2.28. The standard InChI is InChI=1S/C12H11BrN2O4/c1-17-11-6(5-16)3-7(13)10(12(11)18-2)8-4-9(14)15-19-8/h3-5H,1-2H3,(H2,14,15). The number of hydrogen-bond donors (Lipinski definition) is 1. The van der Waals surface area contributed by atoms with Crippen LogP contribution in [0, 0.1) is 0 Å². The summed E-state index contributed by atoms with van der Waals surface area (Å²) in [5, 5.41) is 3.62. The van der Waals surface area contributed by atoms with Crippen molar-refractivity contribution in [3.8, 4) is 22.8 Å². The van der Waals surface area contributed by atoms with Gasteiger partial charge in [-0.2, -0.15) is 0 Å². The molecule has 0 saturated heterocycles. The average molecular weight is 327 g/mol. The Balaban J connectivity index is 2.76. The Kier molecular flexibility index (Phi) is 3.75. The van der Waals surface area contributed by atoms with Gasteiger partial charge in [0.2, 0.25) is 0 Å². The lowest BCUT2D eigenvalue weighted by atomic mass is 10.1. The van der Waals surface area contributed by atoms with Crippen molar-refractivity contribution in [2.45, 2.75) is 0 Å². The highest BCUT2D eigenvalue weighted by Crippen LogP contribution is 2.45. The number of anilines is 1. The molecule has 0 aliphatic rings. The number of carbonyl (C=O) groups excluding carboxylic acids is 1. The summed E-state index contributed by atoms with van der Waals surface area (Å²) >= 11 is 3.37. The molecule has 1 aromatic carbocycles. The molecule has 2 N–H and O–H groups in total. The van der Waals surface area contributed by atoms with Crippen molar-refractivity contribution in [3.63, 3.8) is 0 Å². The number of methoxy groups -OCH3 is 2. The van der Waals surface area contributed by atoms with Crippen LogP contribution in [0.2, 0.25) is 0 Å². The van der Waals surface area contributed by atoms with Crippen LogP contribution in [0.4, 0.5) is 5.82 Å². The molecule has 0 radical (unpaired) electrons. The second-order valence-electron chi connectivity index (χ2n) is 3.62. The molecule has 0 fully saturated rings. The van der Waals surface area contributed by atoms with Crippen molar-refractivity contribution >= 4 is 28.0 Å². The summed E-state index contributed by atoms with van der Waals surface area (Å²) in [5.41, 5.74) is 6.48. The molecule has 1 aromatic heterocycles. The number of ether oxygens (including phenoxy) is 2. The van der Waals surface area contributed by atoms with Crippen LogP contribution >= 0.6 is 15.9 Å². The number of aromatic nitrogens is 1. The fourth-order valence-electron chi connectivity index (χ4n) is 1.76. The molecule has 0 bridgehead atoms. The molecule has 1 heterocycles. The number of nitrogens with zero attached hydrogens (tertiary/aromatic N) is 1. The monoisotopic (exact) mass is 326 g/mol. The van der Waals surface area contributed by atoms with E-state index in [1.165, 1.54) is 14.2 Å². The van der Waals surface area contributed by atoms with Crippen LogP contribution < -0.4 is 15.2 Å². The van der Waals surface area contributed by atoms with Crippen LogP contribution in [-0.4, -0.2) is 25.7 Å². The van der Waals surface area contributed by atoms with E-state index in [4.69, 9.17) is 19.7 Å². The van der Waals surface area contributed by atoms with Gasteiger partial charge in [-0.25, -0.2) is 0 Å². The highest BCUT2D eigenvalue weighted by Gasteiger charge is 2.22. The molecule has 0 aliphatic heterocycles. The molecule has 0 spiro atoms. The summed E-state index contributed by atoms with van der Waals surface area (Å²) in [6.07, 6.45) is 0.685. The SMILES string of the molecule is COc1c(C=O)cc(Br)c(-c2cc(N)no2)c1OC. The predicted molar refractivity (Wildman–Crippen MR) is 72.5 cm³/mol. The molecule has 19 heavy (non-hydrogen) atoms. The lowest BCUT2D eigenvalue weighted by molar-refractivity contribution is 0.112. The third-order valence-electron chi connectivity index (χ3n) is 2.53. The summed E-state index contributed by atoms with van der Waals surface area (Å²) in [7, 11) is 2.93. The first-order chi connectivity index (χ1) is 9.12. The highest BCUT2D eigenvalue weighted by atomic mass is 79.9. The van der Waals surface area contributed by atoms with Crippen molar-refractivity contribution in [2.24, 2.45) is 0 Å². The summed E-state index contributed by atoms with van der Waals surface area (Å²) in [5.74, 6) is 1.36. The van der Waals surface area contributed by atoms with Crippen LogP contribution in [0.1, 0.15) is 10.4 Å². The molecule has 7 heteroatoms. The molecule has 100 valence electrons. The molecule has 0 amide bonds. The quantitative estimate of drug-likeness (QED) is 0.868. The number of rotatable bonds is 4. The maximum Gasteiger partial charge on any atom is 0.174 e. The number of aldehydes is 1. The molecule has 0 unspecified atom stereocenters. The van der Waals surface area contributed by atoms with Gasteiger partial charge in [0.25, 0.3) is 0 Å². The fourth-order valence-corrected chi connectivity index (χ4v) is 2.38. The van der Waals surface area contributed by atoms with E-state index < -0.39 is 0 Å². The van der Waals surface area contributed by atoms with Gasteiger partial charge < -0.3 is 19.7 Å². The van der Waals surface area contributed by atoms with E-state index in [-0.39, 0.29) is 5.82 Å². The largest absolute Gasteiger partial charge is 0.492 e. The number of nitrogen functional groups attached to an aromatic ring is 1. The Hall–Kier alpha value is -2.02. The zero-order valence-electron chi connectivity index (χ0n) is 10.3. The normalized spacial score (nSPS) is 10.3. The zero-order valence-corrected chi connectivity index (χ0v) is 11.9. The molecule has 0 aliphatic carbocycles. The summed E-state index contributed by atoms with van der Waals surface area (Å²) < 4.78 is 16.3. The average Bonchev–Trinajstić information content (AvgIpc) is 2.83. The van der Waals surface area contributed by atoms with Gasteiger partial charge >= 0.3 is 0 Å². The van der Waals surface area contributed by atoms with Gasteiger partial charge in [-0.1, -0.05) is 5.16 Å². The molecule has 0 saturated carbocycles. The molecule has 6 nitrogen and oxygen atoms in total. The summed E-state index contributed by atoms with van der Waals surface area (Å²) in [6, 6.07) is 3.17. The lowest BCUT2D eigenvalue weighted by Crippen LogP contribution is -1.98. The van der Waals surface area contributed by atoms with Gasteiger partial charge in [0, 0.05) is 10.5 Å². The fraction of sp³-hybridized carbons (Fsp3) is 0.167. The number of halogens is 1. The van der Waals surface area contributed by atoms with E-state index in [0.717, 1.165) is 0 Å². The maximum absolute atomic E-state index is 11.0. The van der Waals surface area contributed by atoms with Crippen LogP contribution in [0.5, 0.6) is 11.5 Å². The number of hydrogen-bond acceptors (Lipinski definition) is 6. The second kappa shape index (κ2) is 5.31. The molecular formula is C12H11BrN2O4. The van der Waals surface area contributed by atoms with Gasteiger partial charge in [-0.15, -0.1) is 0 Å². The number of benzene rings is 1. The van der Waals surface area contributed by atoms with Gasteiger partial charge in [-0.3, -0.25) is 4.79 Å². The second-order valence-corrected chi connectivity index (χ2v) is 4.48. The molecular weight excluding hydrogens is 316 g/mol. The van der Waals surface area contributed by atoms with E-state index in [0.29, 0.717) is 39.1 Å². The minimum atomic E-state index is 0.252. The van der Waals surface area contributed by atoms with Crippen LogP contribution in [0.3, 0.4) is 0 Å². The first-order valence-electron chi connectivity index (χ1n) is 5.24. The minimum Gasteiger partial charge on any atom is -0.492 e. The third-order valence-corrected chi connectivity index (χ3v) is 3.15. The predicted octanol–water partition coefficient (Wildman–Crippen LogP) is 2.52. The van der Waals surface area contributed by atoms with Gasteiger partial charge in [0.15, 0.2) is 29.4 Å². The van der Waals surface area contributed by atoms with E-state index in [9.17, 15) is 4.79 Å². The van der Waals surface area contributed by atoms with Gasteiger partial charge in [0.1, 0.15) is 0 Å². The maximum atomic E-state index is 11.0. The Bertz CT molecular complexity index is 624. The van der Waals surface area contributed by atoms with Crippen molar-refractivity contribution < 1.29 is 18.8 Å². The zero-order chi connectivity index (χ0) is 14.0. The van der Waals surface area contributed by atoms with Crippen molar-refractivity contribution in [1.29, 1.82) is 0 Å². The highest BCUT2D eigenvalue weighted by molar-refractivity contribution is 9.10. The molecule has 2 aromatic rings. The van der Waals surface area contributed by atoms with Crippen LogP contribution in [0.15, 0.2) is 21.1 Å². The number of nitrogens with two attached hydrogens (primary N) is 1. The van der Waals surface area contributed by atoms with Gasteiger partial charge in [-0.05, 0) is 22.0 Å². The number of carbonyl (C=O) groups is 1. The topological polar surface area (TPSA) is 87.6 Å². The summed E-state index contributed by atoms with van der Waals surface area (Å²) in [4.78, 5) is 11.0. The molecule has 0 atom stereocenters. The van der Waals surface area contributed by atoms with E-state index in [2.05, 4.69) is 21.1 Å². The van der Waals surface area contributed by atoms with E-state index in [1.54, 1.807) is 12.1 Å². The Morgan fingerprint density at radius 2 is 2.00 bits per heavy atom. The van der Waals surface area contributed by atoms with Crippen molar-refractivity contribution in [3.05, 3.63) is 22.2 Å².